The minimum atomic E-state index is 0.275. The van der Waals surface area contributed by atoms with Gasteiger partial charge in [-0.2, -0.15) is 4.98 Å². The van der Waals surface area contributed by atoms with Crippen molar-refractivity contribution < 1.29 is 4.52 Å². The number of nitrogens with zero attached hydrogens (tertiary/aromatic N) is 3. The normalized spacial score (nSPS) is 12.9. The number of hydrogen-bond acceptors (Lipinski definition) is 6. The highest BCUT2D eigenvalue weighted by molar-refractivity contribution is 7.09. The Morgan fingerprint density at radius 2 is 2.47 bits per heavy atom. The maximum atomic E-state index is 4.65. The minimum Gasteiger partial charge on any atom is -0.343 e. The van der Waals surface area contributed by atoms with E-state index in [0.29, 0.717) is 0 Å². The second-order valence-electron chi connectivity index (χ2n) is 3.14. The third-order valence-electron chi connectivity index (χ3n) is 2.03. The molecule has 0 fully saturated rings. The molecule has 0 spiro atoms. The lowest BCUT2D eigenvalue weighted by atomic mass is 10.3. The zero-order chi connectivity index (χ0) is 10.5. The number of rotatable bonds is 5. The van der Waals surface area contributed by atoms with Gasteiger partial charge in [-0.3, -0.25) is 0 Å². The summed E-state index contributed by atoms with van der Waals surface area (Å²) in [4.78, 5) is 8.18. The molecule has 2 rings (SSSR count). The van der Waals surface area contributed by atoms with Crippen LogP contribution in [0, 0.1) is 0 Å². The van der Waals surface area contributed by atoms with E-state index in [0.717, 1.165) is 23.8 Å². The first-order valence-electron chi connectivity index (χ1n) is 4.74. The van der Waals surface area contributed by atoms with Gasteiger partial charge in [-0.15, -0.1) is 11.3 Å². The molecule has 0 bridgehead atoms. The molecule has 6 heteroatoms. The van der Waals surface area contributed by atoms with Crippen LogP contribution in [-0.4, -0.2) is 21.7 Å². The van der Waals surface area contributed by atoms with E-state index < -0.39 is 0 Å². The fraction of sp³-hybridized carbons (Fsp3) is 0.444. The van der Waals surface area contributed by atoms with E-state index in [2.05, 4.69) is 31.9 Å². The molecule has 0 saturated carbocycles. The van der Waals surface area contributed by atoms with Crippen molar-refractivity contribution in [3.05, 3.63) is 28.8 Å². The van der Waals surface area contributed by atoms with Crippen molar-refractivity contribution in [2.75, 3.05) is 6.54 Å². The van der Waals surface area contributed by atoms with Crippen LogP contribution in [0.1, 0.15) is 23.8 Å². The molecular weight excluding hydrogens is 212 g/mol. The molecular formula is C9H12N4OS. The maximum Gasteiger partial charge on any atom is 0.213 e. The lowest BCUT2D eigenvalue weighted by Gasteiger charge is -2.09. The molecule has 5 nitrogen and oxygen atoms in total. The van der Waals surface area contributed by atoms with Gasteiger partial charge in [-0.1, -0.05) is 5.16 Å². The van der Waals surface area contributed by atoms with Crippen molar-refractivity contribution in [3.8, 4) is 0 Å². The van der Waals surface area contributed by atoms with Crippen LogP contribution in [0.25, 0.3) is 0 Å². The molecule has 0 amide bonds. The van der Waals surface area contributed by atoms with Gasteiger partial charge in [0, 0.05) is 24.5 Å². The molecule has 0 aliphatic heterocycles. The Hall–Kier alpha value is -1.27. The Kier molecular flexibility index (Phi) is 3.41. The standard InChI is InChI=1S/C9H12N4OS/c1-7(9-11-4-5-15-9)10-3-2-8-12-6-14-13-8/h4-7,10H,2-3H2,1H3. The highest BCUT2D eigenvalue weighted by Crippen LogP contribution is 2.14. The van der Waals surface area contributed by atoms with Gasteiger partial charge in [0.15, 0.2) is 5.82 Å². The van der Waals surface area contributed by atoms with Gasteiger partial charge in [0.05, 0.1) is 6.04 Å². The predicted molar refractivity (Wildman–Crippen MR) is 56.5 cm³/mol. The zero-order valence-electron chi connectivity index (χ0n) is 8.38. The molecule has 0 aromatic carbocycles. The van der Waals surface area contributed by atoms with E-state index in [-0.39, 0.29) is 6.04 Å². The highest BCUT2D eigenvalue weighted by atomic mass is 32.1. The van der Waals surface area contributed by atoms with Crippen LogP contribution in [0.15, 0.2) is 22.5 Å². The number of aromatic nitrogens is 3. The van der Waals surface area contributed by atoms with Gasteiger partial charge in [0.2, 0.25) is 6.39 Å². The van der Waals surface area contributed by atoms with Crippen LogP contribution in [0.5, 0.6) is 0 Å². The van der Waals surface area contributed by atoms with Crippen molar-refractivity contribution in [2.24, 2.45) is 0 Å². The van der Waals surface area contributed by atoms with Crippen molar-refractivity contribution in [1.29, 1.82) is 0 Å². The molecule has 2 aromatic heterocycles. The van der Waals surface area contributed by atoms with Crippen LogP contribution in [-0.2, 0) is 6.42 Å². The van der Waals surface area contributed by atoms with Crippen LogP contribution >= 0.6 is 11.3 Å². The van der Waals surface area contributed by atoms with Crippen molar-refractivity contribution in [2.45, 2.75) is 19.4 Å². The Morgan fingerprint density at radius 3 is 3.13 bits per heavy atom. The summed E-state index contributed by atoms with van der Waals surface area (Å²) in [5.74, 6) is 0.730. The van der Waals surface area contributed by atoms with E-state index in [1.165, 1.54) is 6.39 Å². The summed E-state index contributed by atoms with van der Waals surface area (Å²) in [6, 6.07) is 0.275. The molecule has 1 atom stereocenters. The number of nitrogens with one attached hydrogen (secondary N) is 1. The van der Waals surface area contributed by atoms with Gasteiger partial charge in [-0.05, 0) is 6.92 Å². The van der Waals surface area contributed by atoms with Crippen molar-refractivity contribution in [1.82, 2.24) is 20.4 Å². The number of hydrogen-bond donors (Lipinski definition) is 1. The van der Waals surface area contributed by atoms with E-state index >= 15 is 0 Å². The molecule has 80 valence electrons. The minimum absolute atomic E-state index is 0.275. The highest BCUT2D eigenvalue weighted by Gasteiger charge is 2.07. The average molecular weight is 224 g/mol. The topological polar surface area (TPSA) is 63.8 Å². The Balaban J connectivity index is 1.74. The summed E-state index contributed by atoms with van der Waals surface area (Å²) in [5, 5.41) is 10.2. The van der Waals surface area contributed by atoms with E-state index in [9.17, 15) is 0 Å². The third-order valence-corrected chi connectivity index (χ3v) is 2.99. The van der Waals surface area contributed by atoms with Crippen molar-refractivity contribution in [3.63, 3.8) is 0 Å². The van der Waals surface area contributed by atoms with E-state index in [4.69, 9.17) is 0 Å². The summed E-state index contributed by atoms with van der Waals surface area (Å²) in [6.45, 7) is 2.91. The first-order chi connectivity index (χ1) is 7.36. The van der Waals surface area contributed by atoms with E-state index in [1.54, 1.807) is 11.3 Å². The molecule has 1 N–H and O–H groups in total. The quantitative estimate of drug-likeness (QED) is 0.832. The zero-order valence-corrected chi connectivity index (χ0v) is 9.20. The lowest BCUT2D eigenvalue weighted by Crippen LogP contribution is -2.21. The largest absolute Gasteiger partial charge is 0.343 e. The van der Waals surface area contributed by atoms with Crippen LogP contribution < -0.4 is 5.32 Å². The van der Waals surface area contributed by atoms with Gasteiger partial charge in [-0.25, -0.2) is 4.98 Å². The van der Waals surface area contributed by atoms with Crippen LogP contribution in [0.3, 0.4) is 0 Å². The average Bonchev–Trinajstić information content (AvgIpc) is 2.90. The van der Waals surface area contributed by atoms with Gasteiger partial charge >= 0.3 is 0 Å². The van der Waals surface area contributed by atoms with E-state index in [1.807, 2.05) is 11.6 Å². The molecule has 0 radical (unpaired) electrons. The first-order valence-corrected chi connectivity index (χ1v) is 5.62. The lowest BCUT2D eigenvalue weighted by molar-refractivity contribution is 0.408. The van der Waals surface area contributed by atoms with Crippen molar-refractivity contribution >= 4 is 11.3 Å². The molecule has 2 aromatic rings. The third kappa shape index (κ3) is 2.84. The maximum absolute atomic E-state index is 4.65. The molecule has 15 heavy (non-hydrogen) atoms. The number of thiazole rings is 1. The summed E-state index contributed by atoms with van der Waals surface area (Å²) >= 11 is 1.66. The second-order valence-corrected chi connectivity index (χ2v) is 4.07. The SMILES string of the molecule is CC(NCCc1ncon1)c1nccs1. The Bertz CT molecular complexity index is 373. The van der Waals surface area contributed by atoms with Gasteiger partial charge < -0.3 is 9.84 Å². The Morgan fingerprint density at radius 1 is 1.53 bits per heavy atom. The molecule has 0 aliphatic rings. The molecule has 2 heterocycles. The monoisotopic (exact) mass is 224 g/mol. The first kappa shape index (κ1) is 10.3. The fourth-order valence-corrected chi connectivity index (χ4v) is 1.91. The summed E-state index contributed by atoms with van der Waals surface area (Å²) < 4.78 is 4.65. The second kappa shape index (κ2) is 4.99. The smallest absolute Gasteiger partial charge is 0.213 e. The molecule has 1 unspecified atom stereocenters. The fourth-order valence-electron chi connectivity index (χ4n) is 1.24. The van der Waals surface area contributed by atoms with Crippen LogP contribution in [0.4, 0.5) is 0 Å². The van der Waals surface area contributed by atoms with Crippen LogP contribution in [0.2, 0.25) is 0 Å². The molecule has 0 aliphatic carbocycles. The summed E-state index contributed by atoms with van der Waals surface area (Å²) in [6.07, 6.45) is 3.93. The predicted octanol–water partition coefficient (Wildman–Crippen LogP) is 1.42. The summed E-state index contributed by atoms with van der Waals surface area (Å²) in [5.41, 5.74) is 0. The molecule has 0 saturated heterocycles. The van der Waals surface area contributed by atoms with Gasteiger partial charge in [0.1, 0.15) is 5.01 Å². The Labute approximate surface area is 91.5 Å². The summed E-state index contributed by atoms with van der Waals surface area (Å²) in [7, 11) is 0. The van der Waals surface area contributed by atoms with Gasteiger partial charge in [0.25, 0.3) is 0 Å².